The van der Waals surface area contributed by atoms with E-state index in [1.807, 2.05) is 25.1 Å². The predicted molar refractivity (Wildman–Crippen MR) is 84.8 cm³/mol. The van der Waals surface area contributed by atoms with Crippen LogP contribution in [0.2, 0.25) is 0 Å². The minimum absolute atomic E-state index is 0.0675. The molecule has 21 heavy (non-hydrogen) atoms. The molecule has 1 rings (SSSR count). The molecule has 0 unspecified atom stereocenters. The SMILES string of the molecule is COCCN(CCO)C(=O)Nc1c(C)cccc1C(C)C. The summed E-state index contributed by atoms with van der Waals surface area (Å²) in [5.41, 5.74) is 3.00. The van der Waals surface area contributed by atoms with E-state index in [4.69, 9.17) is 9.84 Å². The molecule has 0 aliphatic rings. The van der Waals surface area contributed by atoms with Gasteiger partial charge in [-0.05, 0) is 24.0 Å². The summed E-state index contributed by atoms with van der Waals surface area (Å²) in [7, 11) is 1.59. The van der Waals surface area contributed by atoms with Gasteiger partial charge in [0.15, 0.2) is 0 Å². The van der Waals surface area contributed by atoms with Gasteiger partial charge in [0.1, 0.15) is 0 Å². The maximum absolute atomic E-state index is 12.4. The van der Waals surface area contributed by atoms with Crippen molar-refractivity contribution >= 4 is 11.7 Å². The largest absolute Gasteiger partial charge is 0.395 e. The van der Waals surface area contributed by atoms with E-state index in [1.165, 1.54) is 0 Å². The van der Waals surface area contributed by atoms with Gasteiger partial charge in [-0.1, -0.05) is 32.0 Å². The normalized spacial score (nSPS) is 10.8. The fraction of sp³-hybridized carbons (Fsp3) is 0.562. The summed E-state index contributed by atoms with van der Waals surface area (Å²) in [6.07, 6.45) is 0. The van der Waals surface area contributed by atoms with Crippen molar-refractivity contribution in [3.05, 3.63) is 29.3 Å². The number of carbonyl (C=O) groups excluding carboxylic acids is 1. The van der Waals surface area contributed by atoms with Crippen LogP contribution in [0.15, 0.2) is 18.2 Å². The van der Waals surface area contributed by atoms with E-state index in [2.05, 4.69) is 19.2 Å². The fourth-order valence-corrected chi connectivity index (χ4v) is 2.17. The summed E-state index contributed by atoms with van der Waals surface area (Å²) in [6, 6.07) is 5.79. The van der Waals surface area contributed by atoms with Crippen LogP contribution in [0, 0.1) is 6.92 Å². The Morgan fingerprint density at radius 3 is 2.67 bits per heavy atom. The number of carbonyl (C=O) groups is 1. The average Bonchev–Trinajstić information content (AvgIpc) is 2.45. The van der Waals surface area contributed by atoms with E-state index < -0.39 is 0 Å². The number of aryl methyl sites for hydroxylation is 1. The highest BCUT2D eigenvalue weighted by Gasteiger charge is 2.16. The maximum Gasteiger partial charge on any atom is 0.322 e. The first-order valence-corrected chi connectivity index (χ1v) is 7.26. The molecule has 0 fully saturated rings. The summed E-state index contributed by atoms with van der Waals surface area (Å²) in [6.45, 7) is 7.29. The third-order valence-corrected chi connectivity index (χ3v) is 3.38. The van der Waals surface area contributed by atoms with Crippen LogP contribution >= 0.6 is 0 Å². The summed E-state index contributed by atoms with van der Waals surface area (Å²) in [5, 5.41) is 12.1. The second-order valence-corrected chi connectivity index (χ2v) is 5.33. The van der Waals surface area contributed by atoms with Crippen LogP contribution in [-0.2, 0) is 4.74 Å². The van der Waals surface area contributed by atoms with Crippen LogP contribution in [0.1, 0.15) is 30.9 Å². The molecule has 2 amide bonds. The monoisotopic (exact) mass is 294 g/mol. The predicted octanol–water partition coefficient (Wildman–Crippen LogP) is 2.59. The quantitative estimate of drug-likeness (QED) is 0.812. The van der Waals surface area contributed by atoms with E-state index in [0.29, 0.717) is 19.1 Å². The van der Waals surface area contributed by atoms with Crippen LogP contribution in [0.5, 0.6) is 0 Å². The molecule has 0 bridgehead atoms. The molecule has 0 heterocycles. The summed E-state index contributed by atoms with van der Waals surface area (Å²) >= 11 is 0. The molecule has 0 radical (unpaired) electrons. The Kier molecular flexibility index (Phi) is 7.19. The number of rotatable bonds is 7. The zero-order chi connectivity index (χ0) is 15.8. The van der Waals surface area contributed by atoms with E-state index in [9.17, 15) is 4.79 Å². The van der Waals surface area contributed by atoms with Crippen molar-refractivity contribution in [2.45, 2.75) is 26.7 Å². The van der Waals surface area contributed by atoms with Crippen LogP contribution in [0.3, 0.4) is 0 Å². The Morgan fingerprint density at radius 1 is 1.38 bits per heavy atom. The minimum atomic E-state index is -0.211. The van der Waals surface area contributed by atoms with E-state index in [1.54, 1.807) is 12.0 Å². The lowest BCUT2D eigenvalue weighted by molar-refractivity contribution is 0.142. The Bertz CT molecular complexity index is 461. The lowest BCUT2D eigenvalue weighted by Gasteiger charge is -2.24. The molecule has 0 spiro atoms. The molecule has 2 N–H and O–H groups in total. The zero-order valence-electron chi connectivity index (χ0n) is 13.3. The summed E-state index contributed by atoms with van der Waals surface area (Å²) in [5.74, 6) is 0.325. The van der Waals surface area contributed by atoms with Crippen molar-refractivity contribution in [1.29, 1.82) is 0 Å². The molecule has 0 aromatic heterocycles. The lowest BCUT2D eigenvalue weighted by Crippen LogP contribution is -2.39. The topological polar surface area (TPSA) is 61.8 Å². The Morgan fingerprint density at radius 2 is 2.10 bits per heavy atom. The number of urea groups is 1. The van der Waals surface area contributed by atoms with Crippen LogP contribution in [-0.4, -0.2) is 49.5 Å². The Balaban J connectivity index is 2.90. The zero-order valence-corrected chi connectivity index (χ0v) is 13.3. The van der Waals surface area contributed by atoms with Crippen molar-refractivity contribution < 1.29 is 14.6 Å². The van der Waals surface area contributed by atoms with Crippen molar-refractivity contribution in [3.8, 4) is 0 Å². The number of ether oxygens (including phenoxy) is 1. The van der Waals surface area contributed by atoms with Crippen LogP contribution in [0.4, 0.5) is 10.5 Å². The number of aliphatic hydroxyl groups excluding tert-OH is 1. The van der Waals surface area contributed by atoms with Crippen molar-refractivity contribution in [2.24, 2.45) is 0 Å². The van der Waals surface area contributed by atoms with Crippen LogP contribution in [0.25, 0.3) is 0 Å². The van der Waals surface area contributed by atoms with Gasteiger partial charge < -0.3 is 20.1 Å². The van der Waals surface area contributed by atoms with Crippen molar-refractivity contribution in [1.82, 2.24) is 4.90 Å². The first kappa shape index (κ1) is 17.5. The standard InChI is InChI=1S/C16H26N2O3/c1-12(2)14-7-5-6-13(3)15(14)17-16(20)18(8-10-19)9-11-21-4/h5-7,12,19H,8-11H2,1-4H3,(H,17,20). The Hall–Kier alpha value is -1.59. The van der Waals surface area contributed by atoms with E-state index >= 15 is 0 Å². The first-order chi connectivity index (χ1) is 10.0. The molecule has 0 atom stereocenters. The van der Waals surface area contributed by atoms with Gasteiger partial charge in [0, 0.05) is 25.9 Å². The highest BCUT2D eigenvalue weighted by molar-refractivity contribution is 5.91. The lowest BCUT2D eigenvalue weighted by atomic mass is 9.98. The molecular formula is C16H26N2O3. The van der Waals surface area contributed by atoms with E-state index in [0.717, 1.165) is 16.8 Å². The molecule has 118 valence electrons. The third-order valence-electron chi connectivity index (χ3n) is 3.38. The number of hydrogen-bond donors (Lipinski definition) is 2. The molecule has 5 nitrogen and oxygen atoms in total. The summed E-state index contributed by atoms with van der Waals surface area (Å²) < 4.78 is 5.00. The second kappa shape index (κ2) is 8.64. The number of amides is 2. The molecule has 5 heteroatoms. The number of para-hydroxylation sites is 1. The molecule has 0 aliphatic heterocycles. The van der Waals surface area contributed by atoms with Gasteiger partial charge in [0.2, 0.25) is 0 Å². The van der Waals surface area contributed by atoms with E-state index in [-0.39, 0.29) is 19.2 Å². The number of nitrogens with zero attached hydrogens (tertiary/aromatic N) is 1. The second-order valence-electron chi connectivity index (χ2n) is 5.33. The number of anilines is 1. The molecule has 0 aliphatic carbocycles. The molecular weight excluding hydrogens is 268 g/mol. The smallest absolute Gasteiger partial charge is 0.322 e. The van der Waals surface area contributed by atoms with Gasteiger partial charge >= 0.3 is 6.03 Å². The van der Waals surface area contributed by atoms with Gasteiger partial charge in [0.05, 0.1) is 13.2 Å². The van der Waals surface area contributed by atoms with Gasteiger partial charge in [-0.2, -0.15) is 0 Å². The molecule has 0 saturated carbocycles. The maximum atomic E-state index is 12.4. The number of nitrogens with one attached hydrogen (secondary N) is 1. The highest BCUT2D eigenvalue weighted by atomic mass is 16.5. The van der Waals surface area contributed by atoms with Gasteiger partial charge in [0.25, 0.3) is 0 Å². The summed E-state index contributed by atoms with van der Waals surface area (Å²) in [4.78, 5) is 13.9. The number of benzene rings is 1. The minimum Gasteiger partial charge on any atom is -0.395 e. The number of hydrogen-bond acceptors (Lipinski definition) is 3. The fourth-order valence-electron chi connectivity index (χ4n) is 2.17. The van der Waals surface area contributed by atoms with Crippen LogP contribution < -0.4 is 5.32 Å². The molecule has 0 saturated heterocycles. The van der Waals surface area contributed by atoms with Gasteiger partial charge in [-0.3, -0.25) is 0 Å². The number of methoxy groups -OCH3 is 1. The van der Waals surface area contributed by atoms with Crippen molar-refractivity contribution in [3.63, 3.8) is 0 Å². The first-order valence-electron chi connectivity index (χ1n) is 7.26. The average molecular weight is 294 g/mol. The Labute approximate surface area is 126 Å². The van der Waals surface area contributed by atoms with Gasteiger partial charge in [-0.25, -0.2) is 4.79 Å². The highest BCUT2D eigenvalue weighted by Crippen LogP contribution is 2.27. The van der Waals surface area contributed by atoms with Gasteiger partial charge in [-0.15, -0.1) is 0 Å². The molecule has 1 aromatic carbocycles. The number of aliphatic hydroxyl groups is 1. The third kappa shape index (κ3) is 5.02. The van der Waals surface area contributed by atoms with Crippen molar-refractivity contribution in [2.75, 3.05) is 38.7 Å². The molecule has 1 aromatic rings.